The summed E-state index contributed by atoms with van der Waals surface area (Å²) in [6.07, 6.45) is 3.66. The number of nitrogens with zero attached hydrogens (tertiary/aromatic N) is 4. The zero-order valence-electron chi connectivity index (χ0n) is 9.01. The molecule has 5 nitrogen and oxygen atoms in total. The van der Waals surface area contributed by atoms with Crippen LogP contribution in [0.3, 0.4) is 0 Å². The van der Waals surface area contributed by atoms with Gasteiger partial charge in [-0.2, -0.15) is 5.10 Å². The maximum atomic E-state index is 5.98. The maximum absolute atomic E-state index is 5.98. The number of nitrogens with two attached hydrogens (primary N) is 1. The summed E-state index contributed by atoms with van der Waals surface area (Å²) in [5.41, 5.74) is 6.79. The van der Waals surface area contributed by atoms with Gasteiger partial charge in [-0.15, -0.1) is 0 Å². The van der Waals surface area contributed by atoms with Gasteiger partial charge in [-0.3, -0.25) is 0 Å². The second-order valence-corrected chi connectivity index (χ2v) is 3.63. The summed E-state index contributed by atoms with van der Waals surface area (Å²) in [6, 6.07) is 1.78. The lowest BCUT2D eigenvalue weighted by Gasteiger charge is -2.09. The first kappa shape index (κ1) is 10.0. The molecule has 0 radical (unpaired) electrons. The highest BCUT2D eigenvalue weighted by molar-refractivity contribution is 5.36. The molecule has 0 aliphatic heterocycles. The zero-order chi connectivity index (χ0) is 10.8. The third-order valence-electron chi connectivity index (χ3n) is 2.37. The van der Waals surface area contributed by atoms with Crippen molar-refractivity contribution < 1.29 is 0 Å². The monoisotopic (exact) mass is 205 g/mol. The van der Waals surface area contributed by atoms with Crippen molar-refractivity contribution in [3.05, 3.63) is 23.9 Å². The van der Waals surface area contributed by atoms with E-state index in [0.717, 1.165) is 24.3 Å². The summed E-state index contributed by atoms with van der Waals surface area (Å²) >= 11 is 0. The van der Waals surface area contributed by atoms with E-state index < -0.39 is 0 Å². The molecule has 1 atom stereocenters. The molecule has 15 heavy (non-hydrogen) atoms. The molecule has 1 unspecified atom stereocenters. The van der Waals surface area contributed by atoms with E-state index in [0.29, 0.717) is 5.82 Å². The van der Waals surface area contributed by atoms with E-state index in [2.05, 4.69) is 22.0 Å². The number of aryl methyl sites for hydroxylation is 1. The lowest BCUT2D eigenvalue weighted by atomic mass is 10.2. The molecule has 2 rings (SSSR count). The fraction of sp³-hybridized carbons (Fsp3) is 0.500. The zero-order valence-corrected chi connectivity index (χ0v) is 9.01. The molecule has 2 N–H and O–H groups in total. The first-order valence-electron chi connectivity index (χ1n) is 5.16. The van der Waals surface area contributed by atoms with Crippen molar-refractivity contribution in [1.82, 2.24) is 19.6 Å². The Hall–Kier alpha value is -1.49. The molecule has 0 amide bonds. The summed E-state index contributed by atoms with van der Waals surface area (Å²) in [7, 11) is 0. The summed E-state index contributed by atoms with van der Waals surface area (Å²) in [5.74, 6) is 1.54. The molecule has 2 aromatic rings. The number of fused-ring (bicyclic) bond motifs is 1. The molecular formula is C10H15N5. The molecule has 0 aromatic carbocycles. The van der Waals surface area contributed by atoms with Crippen LogP contribution in [0.1, 0.15) is 37.5 Å². The van der Waals surface area contributed by atoms with E-state index in [-0.39, 0.29) is 6.04 Å². The van der Waals surface area contributed by atoms with Gasteiger partial charge in [0.1, 0.15) is 11.6 Å². The quantitative estimate of drug-likeness (QED) is 0.818. The number of rotatable bonds is 3. The van der Waals surface area contributed by atoms with Gasteiger partial charge < -0.3 is 5.73 Å². The van der Waals surface area contributed by atoms with Crippen molar-refractivity contribution >= 4 is 5.65 Å². The highest BCUT2D eigenvalue weighted by atomic mass is 15.3. The van der Waals surface area contributed by atoms with Crippen LogP contribution < -0.4 is 5.73 Å². The smallest absolute Gasteiger partial charge is 0.159 e. The molecule has 2 heterocycles. The van der Waals surface area contributed by atoms with Crippen LogP contribution in [0.5, 0.6) is 0 Å². The highest BCUT2D eigenvalue weighted by Crippen LogP contribution is 2.12. The molecule has 0 spiro atoms. The van der Waals surface area contributed by atoms with Gasteiger partial charge in [0, 0.05) is 6.07 Å². The first-order chi connectivity index (χ1) is 7.22. The molecule has 80 valence electrons. The third kappa shape index (κ3) is 1.83. The predicted octanol–water partition coefficient (Wildman–Crippen LogP) is 1.23. The molecule has 0 saturated heterocycles. The Morgan fingerprint density at radius 1 is 1.47 bits per heavy atom. The van der Waals surface area contributed by atoms with Gasteiger partial charge in [0.15, 0.2) is 5.65 Å². The average molecular weight is 205 g/mol. The van der Waals surface area contributed by atoms with Crippen molar-refractivity contribution in [1.29, 1.82) is 0 Å². The largest absolute Gasteiger partial charge is 0.321 e. The Balaban J connectivity index is 2.44. The second-order valence-electron chi connectivity index (χ2n) is 3.63. The van der Waals surface area contributed by atoms with Crippen molar-refractivity contribution in [3.63, 3.8) is 0 Å². The second kappa shape index (κ2) is 3.94. The fourth-order valence-corrected chi connectivity index (χ4v) is 1.59. The summed E-state index contributed by atoms with van der Waals surface area (Å²) in [6.45, 7) is 4.01. The fourth-order valence-electron chi connectivity index (χ4n) is 1.59. The topological polar surface area (TPSA) is 69.1 Å². The minimum absolute atomic E-state index is 0.0754. The van der Waals surface area contributed by atoms with E-state index in [1.54, 1.807) is 10.7 Å². The van der Waals surface area contributed by atoms with E-state index in [1.807, 2.05) is 13.0 Å². The van der Waals surface area contributed by atoms with Crippen LogP contribution in [-0.4, -0.2) is 19.6 Å². The van der Waals surface area contributed by atoms with Crippen LogP contribution in [-0.2, 0) is 0 Å². The van der Waals surface area contributed by atoms with Crippen LogP contribution >= 0.6 is 0 Å². The van der Waals surface area contributed by atoms with Crippen molar-refractivity contribution in [2.75, 3.05) is 0 Å². The van der Waals surface area contributed by atoms with Gasteiger partial charge in [-0.05, 0) is 13.3 Å². The summed E-state index contributed by atoms with van der Waals surface area (Å²) < 4.78 is 1.71. The van der Waals surface area contributed by atoms with Crippen molar-refractivity contribution in [2.24, 2.45) is 5.73 Å². The molecule has 5 heteroatoms. The summed E-state index contributed by atoms with van der Waals surface area (Å²) in [5, 5.41) is 4.12. The standard InChI is InChI=1S/C10H15N5/c1-3-4-8(11)10-13-7(2)15-9(14-10)5-6-12-15/h5-6,8H,3-4,11H2,1-2H3. The van der Waals surface area contributed by atoms with Crippen LogP contribution in [0.25, 0.3) is 5.65 Å². The van der Waals surface area contributed by atoms with E-state index in [4.69, 9.17) is 5.73 Å². The molecule has 0 saturated carbocycles. The Morgan fingerprint density at radius 3 is 3.00 bits per heavy atom. The van der Waals surface area contributed by atoms with E-state index in [9.17, 15) is 0 Å². The maximum Gasteiger partial charge on any atom is 0.159 e. The van der Waals surface area contributed by atoms with Crippen LogP contribution in [0.15, 0.2) is 12.3 Å². The molecule has 0 fully saturated rings. The SMILES string of the molecule is CCCC(N)c1nc(C)n2nccc2n1. The average Bonchev–Trinajstić information content (AvgIpc) is 2.66. The van der Waals surface area contributed by atoms with E-state index >= 15 is 0 Å². The minimum Gasteiger partial charge on any atom is -0.321 e. The molecule has 2 aromatic heterocycles. The Bertz CT molecular complexity index is 462. The van der Waals surface area contributed by atoms with Crippen LogP contribution in [0, 0.1) is 6.92 Å². The van der Waals surface area contributed by atoms with E-state index in [1.165, 1.54) is 0 Å². The van der Waals surface area contributed by atoms with Gasteiger partial charge in [-0.1, -0.05) is 13.3 Å². The number of aromatic nitrogens is 4. The van der Waals surface area contributed by atoms with Gasteiger partial charge in [0.2, 0.25) is 0 Å². The lowest BCUT2D eigenvalue weighted by molar-refractivity contribution is 0.593. The van der Waals surface area contributed by atoms with Crippen molar-refractivity contribution in [3.8, 4) is 0 Å². The van der Waals surface area contributed by atoms with Crippen molar-refractivity contribution in [2.45, 2.75) is 32.7 Å². The Kier molecular flexibility index (Phi) is 2.64. The van der Waals surface area contributed by atoms with Gasteiger partial charge in [-0.25, -0.2) is 14.5 Å². The molecule has 0 aliphatic rings. The first-order valence-corrected chi connectivity index (χ1v) is 5.16. The van der Waals surface area contributed by atoms with Crippen LogP contribution in [0.2, 0.25) is 0 Å². The Morgan fingerprint density at radius 2 is 2.27 bits per heavy atom. The molecule has 0 bridgehead atoms. The number of hydrogen-bond acceptors (Lipinski definition) is 4. The minimum atomic E-state index is -0.0754. The normalized spacial score (nSPS) is 13.3. The molecular weight excluding hydrogens is 190 g/mol. The highest BCUT2D eigenvalue weighted by Gasteiger charge is 2.11. The lowest BCUT2D eigenvalue weighted by Crippen LogP contribution is -2.16. The van der Waals surface area contributed by atoms with Crippen LogP contribution in [0.4, 0.5) is 0 Å². The van der Waals surface area contributed by atoms with Gasteiger partial charge in [0.05, 0.1) is 12.2 Å². The third-order valence-corrected chi connectivity index (χ3v) is 2.37. The predicted molar refractivity (Wildman–Crippen MR) is 57.4 cm³/mol. The summed E-state index contributed by atoms with van der Waals surface area (Å²) in [4.78, 5) is 8.74. The number of hydrogen-bond donors (Lipinski definition) is 1. The Labute approximate surface area is 88.3 Å². The molecule has 0 aliphatic carbocycles. The van der Waals surface area contributed by atoms with Gasteiger partial charge >= 0.3 is 0 Å². The van der Waals surface area contributed by atoms with Gasteiger partial charge in [0.25, 0.3) is 0 Å².